The molecule has 2 rings (SSSR count). The summed E-state index contributed by atoms with van der Waals surface area (Å²) in [5.41, 5.74) is 0. The number of hydrogen-bond donors (Lipinski definition) is 1. The largest absolute Gasteiger partial charge is 0.375 e. The third-order valence-corrected chi connectivity index (χ3v) is 2.75. The van der Waals surface area contributed by atoms with Gasteiger partial charge in [-0.3, -0.25) is 0 Å². The van der Waals surface area contributed by atoms with Gasteiger partial charge in [0.25, 0.3) is 0 Å². The summed E-state index contributed by atoms with van der Waals surface area (Å²) in [7, 11) is 0. The Morgan fingerprint density at radius 1 is 1.53 bits per heavy atom. The molecule has 0 amide bonds. The quantitative estimate of drug-likeness (QED) is 0.860. The zero-order chi connectivity index (χ0) is 12.3. The maximum Gasteiger partial charge on any atom is 0.134 e. The lowest BCUT2D eigenvalue weighted by atomic mass is 10.3. The van der Waals surface area contributed by atoms with Crippen LogP contribution in [0, 0.1) is 6.92 Å². The minimum atomic E-state index is 0.265. The maximum absolute atomic E-state index is 5.54. The first-order chi connectivity index (χ1) is 8.19. The van der Waals surface area contributed by atoms with E-state index in [4.69, 9.17) is 4.74 Å². The van der Waals surface area contributed by atoms with Gasteiger partial charge in [0.1, 0.15) is 17.5 Å². The second kappa shape index (κ2) is 5.31. The van der Waals surface area contributed by atoms with Crippen LogP contribution in [0.2, 0.25) is 0 Å². The van der Waals surface area contributed by atoms with Gasteiger partial charge in [0.15, 0.2) is 0 Å². The molecular weight excluding hydrogens is 216 g/mol. The molecule has 1 aromatic heterocycles. The fourth-order valence-corrected chi connectivity index (χ4v) is 2.01. The molecule has 94 valence electrons. The number of hydrogen-bond acceptors (Lipinski definition) is 5. The summed E-state index contributed by atoms with van der Waals surface area (Å²) in [6.45, 7) is 9.50. The summed E-state index contributed by atoms with van der Waals surface area (Å²) < 4.78 is 5.54. The first-order valence-corrected chi connectivity index (χ1v) is 6.15. The van der Waals surface area contributed by atoms with Crippen LogP contribution in [-0.2, 0) is 4.74 Å². The van der Waals surface area contributed by atoms with E-state index in [2.05, 4.69) is 34.0 Å². The molecule has 1 aliphatic heterocycles. The standard InChI is InChI=1S/C12H20N4O/c1-4-13-11-7-12(15-10(3)14-11)16-5-6-17-9(2)8-16/h7,9H,4-6,8H2,1-3H3,(H,13,14,15). The Hall–Kier alpha value is -1.36. The monoisotopic (exact) mass is 236 g/mol. The van der Waals surface area contributed by atoms with Crippen molar-refractivity contribution < 1.29 is 4.74 Å². The van der Waals surface area contributed by atoms with Crippen molar-refractivity contribution in [3.05, 3.63) is 11.9 Å². The van der Waals surface area contributed by atoms with E-state index in [0.29, 0.717) is 0 Å². The molecule has 1 fully saturated rings. The van der Waals surface area contributed by atoms with Crippen molar-refractivity contribution in [1.29, 1.82) is 0 Å². The lowest BCUT2D eigenvalue weighted by Gasteiger charge is -2.32. The van der Waals surface area contributed by atoms with Crippen LogP contribution >= 0.6 is 0 Å². The van der Waals surface area contributed by atoms with E-state index >= 15 is 0 Å². The molecule has 5 nitrogen and oxygen atoms in total. The van der Waals surface area contributed by atoms with E-state index in [-0.39, 0.29) is 6.10 Å². The first-order valence-electron chi connectivity index (χ1n) is 6.15. The summed E-state index contributed by atoms with van der Waals surface area (Å²) in [5.74, 6) is 2.69. The molecule has 0 saturated carbocycles. The number of morpholine rings is 1. The first kappa shape index (κ1) is 12.1. The van der Waals surface area contributed by atoms with Gasteiger partial charge in [-0.2, -0.15) is 0 Å². The van der Waals surface area contributed by atoms with Crippen LogP contribution in [0.25, 0.3) is 0 Å². The summed E-state index contributed by atoms with van der Waals surface area (Å²) in [6, 6.07) is 2.01. The van der Waals surface area contributed by atoms with E-state index in [1.165, 1.54) is 0 Å². The van der Waals surface area contributed by atoms with Crippen LogP contribution < -0.4 is 10.2 Å². The number of nitrogens with one attached hydrogen (secondary N) is 1. The molecule has 1 atom stereocenters. The van der Waals surface area contributed by atoms with Gasteiger partial charge >= 0.3 is 0 Å². The van der Waals surface area contributed by atoms with E-state index in [0.717, 1.165) is 43.7 Å². The fourth-order valence-electron chi connectivity index (χ4n) is 2.01. The zero-order valence-corrected chi connectivity index (χ0v) is 10.7. The van der Waals surface area contributed by atoms with Crippen LogP contribution in [0.4, 0.5) is 11.6 Å². The molecule has 1 unspecified atom stereocenters. The second-order valence-electron chi connectivity index (χ2n) is 4.32. The predicted molar refractivity (Wildman–Crippen MR) is 68.6 cm³/mol. The molecule has 0 spiro atoms. The average Bonchev–Trinajstić information content (AvgIpc) is 2.28. The smallest absolute Gasteiger partial charge is 0.134 e. The number of aromatic nitrogens is 2. The van der Waals surface area contributed by atoms with Gasteiger partial charge in [0, 0.05) is 25.7 Å². The Balaban J connectivity index is 2.18. The van der Waals surface area contributed by atoms with Crippen molar-refractivity contribution in [2.24, 2.45) is 0 Å². The van der Waals surface area contributed by atoms with Gasteiger partial charge in [0.2, 0.25) is 0 Å². The highest BCUT2D eigenvalue weighted by Crippen LogP contribution is 2.18. The number of ether oxygens (including phenoxy) is 1. The average molecular weight is 236 g/mol. The van der Waals surface area contributed by atoms with Gasteiger partial charge in [-0.15, -0.1) is 0 Å². The normalized spacial score (nSPS) is 20.4. The highest BCUT2D eigenvalue weighted by molar-refractivity contribution is 5.49. The van der Waals surface area contributed by atoms with E-state index in [1.54, 1.807) is 0 Å². The molecule has 0 aromatic carbocycles. The SMILES string of the molecule is CCNc1cc(N2CCOC(C)C2)nc(C)n1. The Labute approximate surface area is 102 Å². The molecule has 0 bridgehead atoms. The minimum absolute atomic E-state index is 0.265. The van der Waals surface area contributed by atoms with Gasteiger partial charge < -0.3 is 15.0 Å². The topological polar surface area (TPSA) is 50.3 Å². The Morgan fingerprint density at radius 2 is 2.35 bits per heavy atom. The van der Waals surface area contributed by atoms with Crippen molar-refractivity contribution in [2.75, 3.05) is 36.5 Å². The van der Waals surface area contributed by atoms with E-state index in [1.807, 2.05) is 13.0 Å². The molecule has 1 N–H and O–H groups in total. The molecule has 5 heteroatoms. The highest BCUT2D eigenvalue weighted by atomic mass is 16.5. The Bertz CT molecular complexity index is 383. The van der Waals surface area contributed by atoms with Crippen molar-refractivity contribution in [1.82, 2.24) is 9.97 Å². The zero-order valence-electron chi connectivity index (χ0n) is 10.7. The minimum Gasteiger partial charge on any atom is -0.375 e. The molecule has 1 aromatic rings. The summed E-state index contributed by atoms with van der Waals surface area (Å²) in [6.07, 6.45) is 0.265. The maximum atomic E-state index is 5.54. The molecule has 0 aliphatic carbocycles. The van der Waals surface area contributed by atoms with Crippen LogP contribution in [0.3, 0.4) is 0 Å². The van der Waals surface area contributed by atoms with Gasteiger partial charge in [0.05, 0.1) is 12.7 Å². The van der Waals surface area contributed by atoms with E-state index < -0.39 is 0 Å². The number of anilines is 2. The fraction of sp³-hybridized carbons (Fsp3) is 0.667. The third kappa shape index (κ3) is 3.06. The Kier molecular flexibility index (Phi) is 3.78. The molecular formula is C12H20N4O. The number of aryl methyl sites for hydroxylation is 1. The Morgan fingerprint density at radius 3 is 3.06 bits per heavy atom. The number of nitrogens with zero attached hydrogens (tertiary/aromatic N) is 3. The molecule has 0 radical (unpaired) electrons. The predicted octanol–water partition coefficient (Wildman–Crippen LogP) is 1.44. The lowest BCUT2D eigenvalue weighted by molar-refractivity contribution is 0.0529. The highest BCUT2D eigenvalue weighted by Gasteiger charge is 2.18. The molecule has 17 heavy (non-hydrogen) atoms. The summed E-state index contributed by atoms with van der Waals surface area (Å²) in [5, 5.41) is 3.23. The van der Waals surface area contributed by atoms with Crippen molar-refractivity contribution >= 4 is 11.6 Å². The lowest BCUT2D eigenvalue weighted by Crippen LogP contribution is -2.41. The van der Waals surface area contributed by atoms with E-state index in [9.17, 15) is 0 Å². The van der Waals surface area contributed by atoms with Crippen molar-refractivity contribution in [3.63, 3.8) is 0 Å². The third-order valence-electron chi connectivity index (χ3n) is 2.75. The molecule has 1 aliphatic rings. The van der Waals surface area contributed by atoms with Crippen LogP contribution in [0.15, 0.2) is 6.07 Å². The summed E-state index contributed by atoms with van der Waals surface area (Å²) >= 11 is 0. The van der Waals surface area contributed by atoms with Gasteiger partial charge in [-0.25, -0.2) is 9.97 Å². The molecule has 1 saturated heterocycles. The molecule has 2 heterocycles. The van der Waals surface area contributed by atoms with Gasteiger partial charge in [-0.05, 0) is 20.8 Å². The van der Waals surface area contributed by atoms with Crippen molar-refractivity contribution in [2.45, 2.75) is 26.9 Å². The number of rotatable bonds is 3. The van der Waals surface area contributed by atoms with Crippen LogP contribution in [0.5, 0.6) is 0 Å². The second-order valence-corrected chi connectivity index (χ2v) is 4.32. The van der Waals surface area contributed by atoms with Crippen LogP contribution in [-0.4, -0.2) is 42.3 Å². The van der Waals surface area contributed by atoms with Gasteiger partial charge in [-0.1, -0.05) is 0 Å². The van der Waals surface area contributed by atoms with Crippen molar-refractivity contribution in [3.8, 4) is 0 Å². The summed E-state index contributed by atoms with van der Waals surface area (Å²) in [4.78, 5) is 11.1. The van der Waals surface area contributed by atoms with Crippen LogP contribution in [0.1, 0.15) is 19.7 Å².